The van der Waals surface area contributed by atoms with E-state index < -0.39 is 0 Å². The van der Waals surface area contributed by atoms with Crippen LogP contribution in [0.3, 0.4) is 0 Å². The van der Waals surface area contributed by atoms with Crippen LogP contribution in [-0.2, 0) is 6.54 Å². The van der Waals surface area contributed by atoms with Crippen molar-refractivity contribution in [3.05, 3.63) is 60.9 Å². The van der Waals surface area contributed by atoms with Gasteiger partial charge in [-0.15, -0.1) is 0 Å². The first-order valence-electron chi connectivity index (χ1n) is 9.07. The van der Waals surface area contributed by atoms with Gasteiger partial charge in [0.2, 0.25) is 0 Å². The lowest BCUT2D eigenvalue weighted by molar-refractivity contribution is 0.249. The summed E-state index contributed by atoms with van der Waals surface area (Å²) in [6.07, 6.45) is 7.32. The zero-order chi connectivity index (χ0) is 18.1. The summed E-state index contributed by atoms with van der Waals surface area (Å²) in [6.45, 7) is 4.73. The van der Waals surface area contributed by atoms with Crippen molar-refractivity contribution in [3.8, 4) is 5.69 Å². The summed E-state index contributed by atoms with van der Waals surface area (Å²) in [5.41, 5.74) is 3.94. The number of aromatic nitrogens is 6. The van der Waals surface area contributed by atoms with Gasteiger partial charge in [0.05, 0.1) is 18.2 Å². The Balaban J connectivity index is 1.24. The van der Waals surface area contributed by atoms with Crippen LogP contribution in [0.5, 0.6) is 0 Å². The molecule has 8 nitrogen and oxygen atoms in total. The first-order valence-corrected chi connectivity index (χ1v) is 9.07. The van der Waals surface area contributed by atoms with Crippen molar-refractivity contribution in [2.45, 2.75) is 6.54 Å². The number of hydrogen-bond donors (Lipinski definition) is 1. The van der Waals surface area contributed by atoms with Crippen molar-refractivity contribution in [2.75, 3.05) is 31.1 Å². The number of benzene rings is 1. The molecule has 136 valence electrons. The SMILES string of the molecule is c1ccc(-n2cc(CN3CCN(c4ncnc5nc[nH]c45)CC3)cn2)cc1. The molecule has 1 N–H and O–H groups in total. The first-order chi connectivity index (χ1) is 13.4. The third-order valence-electron chi connectivity index (χ3n) is 4.94. The number of aromatic amines is 1. The molecule has 5 rings (SSSR count). The van der Waals surface area contributed by atoms with Crippen LogP contribution in [-0.4, -0.2) is 60.8 Å². The Hall–Kier alpha value is -3.26. The van der Waals surface area contributed by atoms with Crippen molar-refractivity contribution in [1.29, 1.82) is 0 Å². The van der Waals surface area contributed by atoms with Crippen LogP contribution in [0.1, 0.15) is 5.56 Å². The molecule has 1 aromatic carbocycles. The van der Waals surface area contributed by atoms with Crippen molar-refractivity contribution in [1.82, 2.24) is 34.6 Å². The molecule has 1 saturated heterocycles. The Kier molecular flexibility index (Phi) is 4.02. The molecule has 4 aromatic rings. The van der Waals surface area contributed by atoms with Crippen LogP contribution < -0.4 is 4.90 Å². The van der Waals surface area contributed by atoms with E-state index in [9.17, 15) is 0 Å². The van der Waals surface area contributed by atoms with Gasteiger partial charge >= 0.3 is 0 Å². The zero-order valence-electron chi connectivity index (χ0n) is 14.9. The lowest BCUT2D eigenvalue weighted by Crippen LogP contribution is -2.46. The summed E-state index contributed by atoms with van der Waals surface area (Å²) in [4.78, 5) is 20.8. The molecule has 3 aromatic heterocycles. The highest BCUT2D eigenvalue weighted by Crippen LogP contribution is 2.21. The third kappa shape index (κ3) is 3.15. The van der Waals surface area contributed by atoms with Crippen LogP contribution in [0, 0.1) is 0 Å². The van der Waals surface area contributed by atoms with E-state index in [-0.39, 0.29) is 0 Å². The molecular weight excluding hydrogens is 340 g/mol. The minimum Gasteiger partial charge on any atom is -0.352 e. The molecule has 1 aliphatic rings. The molecular formula is C19H20N8. The van der Waals surface area contributed by atoms with E-state index in [4.69, 9.17) is 0 Å². The highest BCUT2D eigenvalue weighted by molar-refractivity contribution is 5.82. The average Bonchev–Trinajstić information content (AvgIpc) is 3.38. The summed E-state index contributed by atoms with van der Waals surface area (Å²) >= 11 is 0. The van der Waals surface area contributed by atoms with Gasteiger partial charge in [-0.25, -0.2) is 19.6 Å². The van der Waals surface area contributed by atoms with Gasteiger partial charge in [0.25, 0.3) is 0 Å². The number of nitrogens with one attached hydrogen (secondary N) is 1. The molecule has 1 fully saturated rings. The monoisotopic (exact) mass is 360 g/mol. The lowest BCUT2D eigenvalue weighted by atomic mass is 10.2. The van der Waals surface area contributed by atoms with Gasteiger partial charge in [-0.2, -0.15) is 5.10 Å². The Bertz CT molecular complexity index is 1030. The fourth-order valence-electron chi connectivity index (χ4n) is 3.53. The van der Waals surface area contributed by atoms with E-state index in [1.807, 2.05) is 29.1 Å². The smallest absolute Gasteiger partial charge is 0.182 e. The Morgan fingerprint density at radius 3 is 2.67 bits per heavy atom. The molecule has 8 heteroatoms. The van der Waals surface area contributed by atoms with Crippen LogP contribution in [0.15, 0.2) is 55.4 Å². The fraction of sp³-hybridized carbons (Fsp3) is 0.263. The number of H-pyrrole nitrogens is 1. The molecule has 0 radical (unpaired) electrons. The zero-order valence-corrected chi connectivity index (χ0v) is 14.9. The lowest BCUT2D eigenvalue weighted by Gasteiger charge is -2.35. The first kappa shape index (κ1) is 16.0. The number of rotatable bonds is 4. The van der Waals surface area contributed by atoms with Gasteiger partial charge in [0, 0.05) is 44.5 Å². The van der Waals surface area contributed by atoms with E-state index in [1.54, 1.807) is 12.7 Å². The molecule has 0 unspecified atom stereocenters. The molecule has 1 aliphatic heterocycles. The molecule has 0 amide bonds. The van der Waals surface area contributed by atoms with Gasteiger partial charge in [-0.1, -0.05) is 18.2 Å². The maximum absolute atomic E-state index is 4.49. The molecule has 27 heavy (non-hydrogen) atoms. The molecule has 0 saturated carbocycles. The molecule has 0 aliphatic carbocycles. The summed E-state index contributed by atoms with van der Waals surface area (Å²) in [5, 5.41) is 4.49. The van der Waals surface area contributed by atoms with Crippen molar-refractivity contribution in [3.63, 3.8) is 0 Å². The number of para-hydroxylation sites is 1. The van der Waals surface area contributed by atoms with Gasteiger partial charge in [-0.05, 0) is 12.1 Å². The highest BCUT2D eigenvalue weighted by atomic mass is 15.3. The van der Waals surface area contributed by atoms with E-state index in [0.29, 0.717) is 0 Å². The molecule has 0 atom stereocenters. The Morgan fingerprint density at radius 1 is 0.963 bits per heavy atom. The highest BCUT2D eigenvalue weighted by Gasteiger charge is 2.21. The fourth-order valence-corrected chi connectivity index (χ4v) is 3.53. The average molecular weight is 360 g/mol. The maximum atomic E-state index is 4.49. The van der Waals surface area contributed by atoms with Gasteiger partial charge in [0.1, 0.15) is 11.8 Å². The van der Waals surface area contributed by atoms with E-state index in [1.165, 1.54) is 5.56 Å². The second-order valence-corrected chi connectivity index (χ2v) is 6.69. The van der Waals surface area contributed by atoms with Crippen LogP contribution >= 0.6 is 0 Å². The van der Waals surface area contributed by atoms with Crippen LogP contribution in [0.25, 0.3) is 16.9 Å². The quantitative estimate of drug-likeness (QED) is 0.598. The topological polar surface area (TPSA) is 78.8 Å². The molecule has 4 heterocycles. The van der Waals surface area contributed by atoms with Crippen LogP contribution in [0.4, 0.5) is 5.82 Å². The second-order valence-electron chi connectivity index (χ2n) is 6.69. The van der Waals surface area contributed by atoms with Gasteiger partial charge in [-0.3, -0.25) is 4.90 Å². The number of hydrogen-bond acceptors (Lipinski definition) is 6. The molecule has 0 spiro atoms. The van der Waals surface area contributed by atoms with Gasteiger partial charge < -0.3 is 9.88 Å². The summed E-state index contributed by atoms with van der Waals surface area (Å²) in [7, 11) is 0. The van der Waals surface area contributed by atoms with E-state index in [2.05, 4.69) is 53.2 Å². The summed E-state index contributed by atoms with van der Waals surface area (Å²) in [6, 6.07) is 10.2. The second kappa shape index (κ2) is 6.81. The summed E-state index contributed by atoms with van der Waals surface area (Å²) in [5.74, 6) is 0.939. The van der Waals surface area contributed by atoms with E-state index in [0.717, 1.165) is 55.4 Å². The number of fused-ring (bicyclic) bond motifs is 1. The largest absolute Gasteiger partial charge is 0.352 e. The predicted molar refractivity (Wildman–Crippen MR) is 103 cm³/mol. The predicted octanol–water partition coefficient (Wildman–Crippen LogP) is 1.86. The number of imidazole rings is 1. The van der Waals surface area contributed by atoms with Crippen molar-refractivity contribution >= 4 is 17.0 Å². The van der Waals surface area contributed by atoms with Crippen molar-refractivity contribution in [2.24, 2.45) is 0 Å². The molecule has 0 bridgehead atoms. The normalized spacial score (nSPS) is 15.5. The Labute approximate surface area is 156 Å². The minimum absolute atomic E-state index is 0.718. The summed E-state index contributed by atoms with van der Waals surface area (Å²) < 4.78 is 1.93. The number of nitrogens with zero attached hydrogens (tertiary/aromatic N) is 7. The van der Waals surface area contributed by atoms with Crippen molar-refractivity contribution < 1.29 is 0 Å². The number of anilines is 1. The Morgan fingerprint density at radius 2 is 1.81 bits per heavy atom. The minimum atomic E-state index is 0.718. The standard InChI is InChI=1S/C19H20N8/c1-2-4-16(5-3-1)27-12-15(10-24-27)11-25-6-8-26(9-7-25)19-17-18(21-13-20-17)22-14-23-19/h1-5,10,12-14H,6-9,11H2,(H,20,21,22,23). The van der Waals surface area contributed by atoms with Crippen LogP contribution in [0.2, 0.25) is 0 Å². The maximum Gasteiger partial charge on any atom is 0.182 e. The third-order valence-corrected chi connectivity index (χ3v) is 4.94. The number of piperazine rings is 1. The van der Waals surface area contributed by atoms with Gasteiger partial charge in [0.15, 0.2) is 11.5 Å². The van der Waals surface area contributed by atoms with E-state index >= 15 is 0 Å².